The van der Waals surface area contributed by atoms with Crippen LogP contribution in [0.4, 0.5) is 11.5 Å². The molecular formula is C22H27N7O3S. The highest BCUT2D eigenvalue weighted by Crippen LogP contribution is 2.26. The van der Waals surface area contributed by atoms with Crippen LogP contribution in [-0.2, 0) is 11.3 Å². The fraction of sp³-hybridized carbons (Fsp3) is 0.409. The van der Waals surface area contributed by atoms with Crippen molar-refractivity contribution in [1.82, 2.24) is 24.6 Å². The number of ether oxygens (including phenoxy) is 1. The number of anilines is 2. The van der Waals surface area contributed by atoms with Crippen molar-refractivity contribution in [1.29, 1.82) is 0 Å². The minimum absolute atomic E-state index is 0.130. The summed E-state index contributed by atoms with van der Waals surface area (Å²) in [6.45, 7) is 2.92. The van der Waals surface area contributed by atoms with Crippen molar-refractivity contribution in [2.45, 2.75) is 19.4 Å². The summed E-state index contributed by atoms with van der Waals surface area (Å²) in [4.78, 5) is 36.6. The summed E-state index contributed by atoms with van der Waals surface area (Å²) in [5.74, 6) is 0.203. The van der Waals surface area contributed by atoms with E-state index in [1.807, 2.05) is 31.1 Å². The van der Waals surface area contributed by atoms with Crippen molar-refractivity contribution in [2.24, 2.45) is 0 Å². The average molecular weight is 470 g/mol. The number of likely N-dealkylation sites (N-methyl/N-ethyl adjacent to an activating group) is 1. The van der Waals surface area contributed by atoms with E-state index < -0.39 is 0 Å². The normalized spacial score (nSPS) is 15.4. The van der Waals surface area contributed by atoms with Crippen molar-refractivity contribution < 1.29 is 14.3 Å². The lowest BCUT2D eigenvalue weighted by atomic mass is 10.1. The van der Waals surface area contributed by atoms with E-state index >= 15 is 0 Å². The second-order valence-corrected chi connectivity index (χ2v) is 8.80. The number of pyridine rings is 1. The Balaban J connectivity index is 1.62. The minimum atomic E-state index is -0.379. The second-order valence-electron chi connectivity index (χ2n) is 7.95. The molecule has 0 fully saturated rings. The first-order valence-electron chi connectivity index (χ1n) is 10.8. The highest BCUT2D eigenvalue weighted by Gasteiger charge is 2.21. The van der Waals surface area contributed by atoms with E-state index in [9.17, 15) is 9.59 Å². The molecule has 4 rings (SSSR count). The SMILES string of the molecule is CN(C)CCn1cc2c(n1)C(=O)CCCOCCNc1cc(ccn1)-c1nc(cs1)C(=O)N2. The number of hydrogen-bond donors (Lipinski definition) is 2. The molecule has 2 N–H and O–H groups in total. The number of amides is 1. The van der Waals surface area contributed by atoms with Gasteiger partial charge in [0.15, 0.2) is 11.5 Å². The molecule has 0 aromatic carbocycles. The molecule has 0 saturated heterocycles. The molecule has 0 atom stereocenters. The Labute approximate surface area is 196 Å². The zero-order valence-corrected chi connectivity index (χ0v) is 19.5. The fourth-order valence-corrected chi connectivity index (χ4v) is 4.10. The van der Waals surface area contributed by atoms with Crippen LogP contribution in [0.1, 0.15) is 33.8 Å². The number of ketones is 1. The molecule has 0 radical (unpaired) electrons. The van der Waals surface area contributed by atoms with Gasteiger partial charge in [-0.25, -0.2) is 9.97 Å². The first kappa shape index (κ1) is 23.0. The molecule has 174 valence electrons. The largest absolute Gasteiger partial charge is 0.380 e. The van der Waals surface area contributed by atoms with Crippen LogP contribution in [0.15, 0.2) is 29.9 Å². The van der Waals surface area contributed by atoms with Gasteiger partial charge in [-0.2, -0.15) is 5.10 Å². The maximum Gasteiger partial charge on any atom is 0.275 e. The standard InChI is InChI=1S/C22H27N7O3S/c1-28(2)8-9-29-13-16-20(27-29)18(30)4-3-10-32-11-7-24-19-12-15(5-6-23-19)22-26-17(14-33-22)21(31)25-16/h5-6,12-14H,3-4,7-11H2,1-2H3,(H,23,24)(H,25,31). The Bertz CT molecular complexity index is 1120. The lowest BCUT2D eigenvalue weighted by Gasteiger charge is -2.08. The predicted octanol–water partition coefficient (Wildman–Crippen LogP) is 2.62. The Kier molecular flexibility index (Phi) is 7.43. The van der Waals surface area contributed by atoms with Gasteiger partial charge in [0, 0.05) is 49.5 Å². The Morgan fingerprint density at radius 3 is 3.00 bits per heavy atom. The van der Waals surface area contributed by atoms with E-state index in [-0.39, 0.29) is 29.5 Å². The fourth-order valence-electron chi connectivity index (χ4n) is 3.30. The summed E-state index contributed by atoms with van der Waals surface area (Å²) >= 11 is 1.37. The number of fused-ring (bicyclic) bond motifs is 6. The van der Waals surface area contributed by atoms with Crippen LogP contribution in [0.5, 0.6) is 0 Å². The zero-order valence-electron chi connectivity index (χ0n) is 18.7. The summed E-state index contributed by atoms with van der Waals surface area (Å²) in [5, 5.41) is 12.9. The number of hydrogen-bond acceptors (Lipinski definition) is 9. The molecule has 0 saturated carbocycles. The molecule has 11 heteroatoms. The van der Waals surface area contributed by atoms with Crippen molar-refractivity contribution in [3.63, 3.8) is 0 Å². The third kappa shape index (κ3) is 6.01. The number of nitrogens with zero attached hydrogens (tertiary/aromatic N) is 5. The first-order chi connectivity index (χ1) is 16.0. The molecule has 4 bridgehead atoms. The van der Waals surface area contributed by atoms with Gasteiger partial charge < -0.3 is 20.3 Å². The average Bonchev–Trinajstić information content (AvgIpc) is 3.44. The number of Topliss-reactive ketones (excluding diaryl/α,β-unsaturated/α-hetero) is 1. The van der Waals surface area contributed by atoms with Gasteiger partial charge in [0.1, 0.15) is 16.5 Å². The van der Waals surface area contributed by atoms with Crippen molar-refractivity contribution >= 4 is 34.5 Å². The minimum Gasteiger partial charge on any atom is -0.380 e. The number of thiazole rings is 1. The molecule has 1 amide bonds. The number of rotatable bonds is 3. The summed E-state index contributed by atoms with van der Waals surface area (Å²) in [6, 6.07) is 3.75. The van der Waals surface area contributed by atoms with Gasteiger partial charge in [0.2, 0.25) is 0 Å². The lowest BCUT2D eigenvalue weighted by Crippen LogP contribution is -2.19. The number of nitrogens with one attached hydrogen (secondary N) is 2. The van der Waals surface area contributed by atoms with Crippen LogP contribution >= 0.6 is 11.3 Å². The smallest absolute Gasteiger partial charge is 0.275 e. The molecule has 0 aliphatic carbocycles. The van der Waals surface area contributed by atoms with Gasteiger partial charge in [-0.1, -0.05) is 0 Å². The third-order valence-electron chi connectivity index (χ3n) is 5.04. The lowest BCUT2D eigenvalue weighted by molar-refractivity contribution is 0.0940. The maximum absolute atomic E-state index is 12.9. The molecule has 10 nitrogen and oxygen atoms in total. The summed E-state index contributed by atoms with van der Waals surface area (Å²) in [5.41, 5.74) is 1.82. The van der Waals surface area contributed by atoms with E-state index in [4.69, 9.17) is 4.74 Å². The van der Waals surface area contributed by atoms with Crippen LogP contribution in [0, 0.1) is 0 Å². The summed E-state index contributed by atoms with van der Waals surface area (Å²) in [7, 11) is 3.94. The molecule has 1 aliphatic rings. The topological polar surface area (TPSA) is 114 Å². The van der Waals surface area contributed by atoms with Crippen LogP contribution < -0.4 is 10.6 Å². The van der Waals surface area contributed by atoms with E-state index in [1.54, 1.807) is 22.5 Å². The quantitative estimate of drug-likeness (QED) is 0.602. The number of carbonyl (C=O) groups is 2. The summed E-state index contributed by atoms with van der Waals surface area (Å²) in [6.07, 6.45) is 4.26. The maximum atomic E-state index is 12.9. The van der Waals surface area contributed by atoms with Crippen LogP contribution in [0.25, 0.3) is 10.6 Å². The van der Waals surface area contributed by atoms with Gasteiger partial charge in [-0.05, 0) is 32.6 Å². The molecule has 0 spiro atoms. The van der Waals surface area contributed by atoms with Crippen LogP contribution in [0.3, 0.4) is 0 Å². The van der Waals surface area contributed by atoms with E-state index in [2.05, 4.69) is 25.7 Å². The van der Waals surface area contributed by atoms with Crippen LogP contribution in [0.2, 0.25) is 0 Å². The van der Waals surface area contributed by atoms with Gasteiger partial charge in [0.05, 0.1) is 18.8 Å². The first-order valence-corrected chi connectivity index (χ1v) is 11.7. The van der Waals surface area contributed by atoms with E-state index in [1.165, 1.54) is 11.3 Å². The molecule has 3 aromatic rings. The van der Waals surface area contributed by atoms with Crippen LogP contribution in [-0.4, -0.2) is 76.7 Å². The molecule has 0 unspecified atom stereocenters. The molecule has 1 aliphatic heterocycles. The third-order valence-corrected chi connectivity index (χ3v) is 5.93. The van der Waals surface area contributed by atoms with E-state index in [0.717, 1.165) is 12.1 Å². The Morgan fingerprint density at radius 2 is 2.15 bits per heavy atom. The Hall–Kier alpha value is -3.15. The second kappa shape index (κ2) is 10.6. The van der Waals surface area contributed by atoms with Crippen molar-refractivity contribution in [3.8, 4) is 10.6 Å². The summed E-state index contributed by atoms with van der Waals surface area (Å²) < 4.78 is 7.34. The van der Waals surface area contributed by atoms with Gasteiger partial charge >= 0.3 is 0 Å². The number of carbonyl (C=O) groups excluding carboxylic acids is 2. The highest BCUT2D eigenvalue weighted by molar-refractivity contribution is 7.13. The van der Waals surface area contributed by atoms with Gasteiger partial charge in [-0.3, -0.25) is 14.3 Å². The van der Waals surface area contributed by atoms with Gasteiger partial charge in [0.25, 0.3) is 5.91 Å². The van der Waals surface area contributed by atoms with Crippen molar-refractivity contribution in [2.75, 3.05) is 51.0 Å². The predicted molar refractivity (Wildman–Crippen MR) is 127 cm³/mol. The highest BCUT2D eigenvalue weighted by atomic mass is 32.1. The zero-order chi connectivity index (χ0) is 23.2. The van der Waals surface area contributed by atoms with Crippen molar-refractivity contribution in [3.05, 3.63) is 41.3 Å². The Morgan fingerprint density at radius 1 is 1.27 bits per heavy atom. The molecule has 4 heterocycles. The van der Waals surface area contributed by atoms with E-state index in [0.29, 0.717) is 49.2 Å². The number of aromatic nitrogens is 4. The molecular weight excluding hydrogens is 442 g/mol. The monoisotopic (exact) mass is 469 g/mol. The molecule has 3 aromatic heterocycles. The molecule has 33 heavy (non-hydrogen) atoms. The van der Waals surface area contributed by atoms with Gasteiger partial charge in [-0.15, -0.1) is 11.3 Å².